The van der Waals surface area contributed by atoms with Crippen LogP contribution in [-0.2, 0) is 6.61 Å². The zero-order valence-electron chi connectivity index (χ0n) is 10.1. The van der Waals surface area contributed by atoms with Gasteiger partial charge in [-0.05, 0) is 24.3 Å². The summed E-state index contributed by atoms with van der Waals surface area (Å²) >= 11 is 11.6. The summed E-state index contributed by atoms with van der Waals surface area (Å²) in [7, 11) is 0. The standard InChI is InChI=1S/C14H9Cl2FO3/c15-9-4-5-10(14(18)19)12(6-9)20-7-8-2-1-3-11(17)13(8)16/h1-6H,7H2,(H,18,19). The molecule has 0 aliphatic heterocycles. The van der Waals surface area contributed by atoms with Crippen molar-refractivity contribution in [1.82, 2.24) is 0 Å². The highest BCUT2D eigenvalue weighted by Crippen LogP contribution is 2.26. The second-order valence-corrected chi connectivity index (χ2v) is 4.76. The molecule has 1 N–H and O–H groups in total. The number of benzene rings is 2. The molecule has 0 radical (unpaired) electrons. The maximum absolute atomic E-state index is 13.3. The molecule has 0 spiro atoms. The lowest BCUT2D eigenvalue weighted by atomic mass is 10.2. The summed E-state index contributed by atoms with van der Waals surface area (Å²) in [5.41, 5.74) is 0.393. The summed E-state index contributed by atoms with van der Waals surface area (Å²) in [6.45, 7) is -0.0583. The van der Waals surface area contributed by atoms with Crippen molar-refractivity contribution in [2.75, 3.05) is 0 Å². The Kier molecular flexibility index (Phi) is 4.47. The van der Waals surface area contributed by atoms with Gasteiger partial charge in [0.2, 0.25) is 0 Å². The third-order valence-electron chi connectivity index (χ3n) is 2.59. The van der Waals surface area contributed by atoms with Crippen molar-refractivity contribution in [3.63, 3.8) is 0 Å². The van der Waals surface area contributed by atoms with Gasteiger partial charge in [0.25, 0.3) is 0 Å². The Morgan fingerprint density at radius 2 is 2.00 bits per heavy atom. The Hall–Kier alpha value is -1.78. The average molecular weight is 315 g/mol. The average Bonchev–Trinajstić information content (AvgIpc) is 2.40. The van der Waals surface area contributed by atoms with E-state index in [9.17, 15) is 9.18 Å². The molecule has 0 fully saturated rings. The van der Waals surface area contributed by atoms with Crippen molar-refractivity contribution in [3.8, 4) is 5.75 Å². The van der Waals surface area contributed by atoms with Crippen molar-refractivity contribution in [3.05, 3.63) is 63.4 Å². The molecule has 0 amide bonds. The topological polar surface area (TPSA) is 46.5 Å². The lowest BCUT2D eigenvalue weighted by molar-refractivity contribution is 0.0692. The molecule has 0 aliphatic carbocycles. The molecule has 0 unspecified atom stereocenters. The Balaban J connectivity index is 2.24. The second-order valence-electron chi connectivity index (χ2n) is 3.95. The molecule has 0 heterocycles. The van der Waals surface area contributed by atoms with Crippen LogP contribution in [0.3, 0.4) is 0 Å². The number of aromatic carboxylic acids is 1. The predicted molar refractivity (Wildman–Crippen MR) is 74.2 cm³/mol. The first kappa shape index (κ1) is 14.6. The Bertz CT molecular complexity index is 659. The Morgan fingerprint density at radius 1 is 1.25 bits per heavy atom. The van der Waals surface area contributed by atoms with E-state index in [0.717, 1.165) is 0 Å². The van der Waals surface area contributed by atoms with E-state index in [1.165, 1.54) is 30.3 Å². The molecule has 0 aromatic heterocycles. The van der Waals surface area contributed by atoms with Crippen molar-refractivity contribution in [1.29, 1.82) is 0 Å². The van der Waals surface area contributed by atoms with Gasteiger partial charge in [0, 0.05) is 10.6 Å². The van der Waals surface area contributed by atoms with Crippen LogP contribution < -0.4 is 4.74 Å². The third kappa shape index (κ3) is 3.21. The summed E-state index contributed by atoms with van der Waals surface area (Å²) in [6.07, 6.45) is 0. The van der Waals surface area contributed by atoms with Crippen LogP contribution in [0.2, 0.25) is 10.0 Å². The lowest BCUT2D eigenvalue weighted by Crippen LogP contribution is -2.04. The number of carbonyl (C=O) groups is 1. The molecule has 2 aromatic carbocycles. The maximum Gasteiger partial charge on any atom is 0.339 e. The van der Waals surface area contributed by atoms with Crippen LogP contribution >= 0.6 is 23.2 Å². The van der Waals surface area contributed by atoms with Gasteiger partial charge in [0.05, 0.1) is 5.02 Å². The van der Waals surface area contributed by atoms with Crippen molar-refractivity contribution in [2.24, 2.45) is 0 Å². The normalized spacial score (nSPS) is 10.3. The zero-order chi connectivity index (χ0) is 14.7. The number of halogens is 3. The van der Waals surface area contributed by atoms with E-state index in [2.05, 4.69) is 0 Å². The molecule has 6 heteroatoms. The minimum atomic E-state index is -1.14. The number of carboxylic acid groups (broad SMARTS) is 1. The quantitative estimate of drug-likeness (QED) is 0.909. The number of hydrogen-bond donors (Lipinski definition) is 1. The molecule has 2 aromatic rings. The Morgan fingerprint density at radius 3 is 2.70 bits per heavy atom. The lowest BCUT2D eigenvalue weighted by Gasteiger charge is -2.11. The largest absolute Gasteiger partial charge is 0.488 e. The molecule has 3 nitrogen and oxygen atoms in total. The van der Waals surface area contributed by atoms with Crippen LogP contribution in [-0.4, -0.2) is 11.1 Å². The van der Waals surface area contributed by atoms with Crippen molar-refractivity contribution < 1.29 is 19.0 Å². The SMILES string of the molecule is O=C(O)c1ccc(Cl)cc1OCc1cccc(F)c1Cl. The van der Waals surface area contributed by atoms with Crippen LogP contribution in [0.25, 0.3) is 0 Å². The van der Waals surface area contributed by atoms with Gasteiger partial charge in [-0.1, -0.05) is 35.3 Å². The molecule has 104 valence electrons. The van der Waals surface area contributed by atoms with Crippen LogP contribution in [0.1, 0.15) is 15.9 Å². The second kappa shape index (κ2) is 6.11. The monoisotopic (exact) mass is 314 g/mol. The van der Waals surface area contributed by atoms with E-state index < -0.39 is 11.8 Å². The molecule has 0 saturated carbocycles. The van der Waals surface area contributed by atoms with Crippen LogP contribution in [0.5, 0.6) is 5.75 Å². The summed E-state index contributed by atoms with van der Waals surface area (Å²) < 4.78 is 18.7. The van der Waals surface area contributed by atoms with E-state index >= 15 is 0 Å². The van der Waals surface area contributed by atoms with E-state index in [4.69, 9.17) is 33.0 Å². The van der Waals surface area contributed by atoms with Gasteiger partial charge in [0.15, 0.2) is 0 Å². The fourth-order valence-corrected chi connectivity index (χ4v) is 1.95. The molecule has 0 saturated heterocycles. The molecule has 0 aliphatic rings. The highest BCUT2D eigenvalue weighted by atomic mass is 35.5. The van der Waals surface area contributed by atoms with Gasteiger partial charge >= 0.3 is 5.97 Å². The molecular formula is C14H9Cl2FO3. The summed E-state index contributed by atoms with van der Waals surface area (Å²) in [6, 6.07) is 8.50. The van der Waals surface area contributed by atoms with E-state index in [-0.39, 0.29) is 22.9 Å². The van der Waals surface area contributed by atoms with Gasteiger partial charge in [0.1, 0.15) is 23.7 Å². The number of carboxylic acids is 1. The van der Waals surface area contributed by atoms with E-state index in [0.29, 0.717) is 10.6 Å². The third-order valence-corrected chi connectivity index (χ3v) is 3.25. The fraction of sp³-hybridized carbons (Fsp3) is 0.0714. The first-order valence-electron chi connectivity index (χ1n) is 5.57. The first-order chi connectivity index (χ1) is 9.49. The molecule has 0 bridgehead atoms. The molecular weight excluding hydrogens is 306 g/mol. The summed E-state index contributed by atoms with van der Waals surface area (Å²) in [5.74, 6) is -1.59. The van der Waals surface area contributed by atoms with E-state index in [1.807, 2.05) is 0 Å². The van der Waals surface area contributed by atoms with Gasteiger partial charge in [-0.2, -0.15) is 0 Å². The van der Waals surface area contributed by atoms with E-state index in [1.54, 1.807) is 6.07 Å². The van der Waals surface area contributed by atoms with Crippen molar-refractivity contribution >= 4 is 29.2 Å². The zero-order valence-corrected chi connectivity index (χ0v) is 11.6. The predicted octanol–water partition coefficient (Wildman–Crippen LogP) is 4.41. The first-order valence-corrected chi connectivity index (χ1v) is 6.33. The van der Waals surface area contributed by atoms with Gasteiger partial charge in [-0.3, -0.25) is 0 Å². The number of rotatable bonds is 4. The van der Waals surface area contributed by atoms with Crippen molar-refractivity contribution in [2.45, 2.75) is 6.61 Å². The number of ether oxygens (including phenoxy) is 1. The molecule has 0 atom stereocenters. The highest BCUT2D eigenvalue weighted by Gasteiger charge is 2.13. The van der Waals surface area contributed by atoms with Gasteiger partial charge in [-0.15, -0.1) is 0 Å². The van der Waals surface area contributed by atoms with Crippen LogP contribution in [0.15, 0.2) is 36.4 Å². The smallest absolute Gasteiger partial charge is 0.339 e. The summed E-state index contributed by atoms with van der Waals surface area (Å²) in [4.78, 5) is 11.1. The minimum Gasteiger partial charge on any atom is -0.488 e. The minimum absolute atomic E-state index is 0.0260. The molecule has 2 rings (SSSR count). The van der Waals surface area contributed by atoms with Gasteiger partial charge < -0.3 is 9.84 Å². The van der Waals surface area contributed by atoms with Crippen LogP contribution in [0.4, 0.5) is 4.39 Å². The Labute approximate surface area is 124 Å². The van der Waals surface area contributed by atoms with Crippen LogP contribution in [0, 0.1) is 5.82 Å². The fourth-order valence-electron chi connectivity index (χ4n) is 1.61. The maximum atomic E-state index is 13.3. The number of hydrogen-bond acceptors (Lipinski definition) is 2. The molecule has 20 heavy (non-hydrogen) atoms. The van der Waals surface area contributed by atoms with Gasteiger partial charge in [-0.25, -0.2) is 9.18 Å². The highest BCUT2D eigenvalue weighted by molar-refractivity contribution is 6.31. The summed E-state index contributed by atoms with van der Waals surface area (Å²) in [5, 5.41) is 9.34.